The molecule has 1 atom stereocenters. The molecule has 1 unspecified atom stereocenters. The first-order valence-electron chi connectivity index (χ1n) is 9.22. The van der Waals surface area contributed by atoms with Crippen LogP contribution < -0.4 is 4.52 Å². The van der Waals surface area contributed by atoms with Gasteiger partial charge >= 0.3 is 12.9 Å². The van der Waals surface area contributed by atoms with E-state index in [1.807, 2.05) is 30.3 Å². The van der Waals surface area contributed by atoms with E-state index < -0.39 is 12.9 Å². The SMILES string of the molecule is O=C(CN(OCc1ccccc1)C1CCCC1)OP(=O)(Cl)Oc1ccccc1. The summed E-state index contributed by atoms with van der Waals surface area (Å²) in [5.74, 6) is -0.490. The van der Waals surface area contributed by atoms with Crippen molar-refractivity contribution in [1.29, 1.82) is 0 Å². The molecule has 150 valence electrons. The molecule has 8 heteroatoms. The van der Waals surface area contributed by atoms with E-state index in [9.17, 15) is 9.36 Å². The monoisotopic (exact) mass is 423 g/mol. The van der Waals surface area contributed by atoms with E-state index in [-0.39, 0.29) is 18.3 Å². The second-order valence-corrected chi connectivity index (χ2v) is 9.04. The van der Waals surface area contributed by atoms with Gasteiger partial charge in [-0.1, -0.05) is 61.4 Å². The summed E-state index contributed by atoms with van der Waals surface area (Å²) in [7, 11) is 0. The standard InChI is InChI=1S/C20H23ClNO5P/c21-28(24,26-19-13-5-2-6-14-19)27-20(23)15-22(18-11-7-8-12-18)25-16-17-9-3-1-4-10-17/h1-6,9-10,13-14,18H,7-8,11-12,15-16H2. The second kappa shape index (κ2) is 10.1. The molecule has 1 aliphatic carbocycles. The van der Waals surface area contributed by atoms with Crippen molar-refractivity contribution in [2.45, 2.75) is 38.3 Å². The van der Waals surface area contributed by atoms with Crippen LogP contribution in [0.25, 0.3) is 0 Å². The predicted molar refractivity (Wildman–Crippen MR) is 107 cm³/mol. The summed E-state index contributed by atoms with van der Waals surface area (Å²) in [6.45, 7) is -3.93. The molecule has 0 spiro atoms. The fourth-order valence-corrected chi connectivity index (χ4v) is 4.29. The Hall–Kier alpha value is -1.85. The summed E-state index contributed by atoms with van der Waals surface area (Å²) in [6, 6.07) is 18.1. The largest absolute Gasteiger partial charge is 0.532 e. The molecule has 0 aromatic heterocycles. The molecular weight excluding hydrogens is 401 g/mol. The van der Waals surface area contributed by atoms with Gasteiger partial charge in [0.1, 0.15) is 12.3 Å². The normalized spacial score (nSPS) is 16.6. The van der Waals surface area contributed by atoms with E-state index >= 15 is 0 Å². The molecule has 0 amide bonds. The molecule has 1 aliphatic rings. The van der Waals surface area contributed by atoms with Crippen molar-refractivity contribution in [3.05, 3.63) is 66.2 Å². The predicted octanol–water partition coefficient (Wildman–Crippen LogP) is 5.33. The third kappa shape index (κ3) is 6.64. The first-order chi connectivity index (χ1) is 13.5. The van der Waals surface area contributed by atoms with Gasteiger partial charge in [0.25, 0.3) is 0 Å². The zero-order valence-electron chi connectivity index (χ0n) is 15.4. The average Bonchev–Trinajstić information content (AvgIpc) is 3.20. The smallest absolute Gasteiger partial charge is 0.405 e. The zero-order chi connectivity index (χ0) is 19.8. The van der Waals surface area contributed by atoms with Gasteiger partial charge in [0.05, 0.1) is 6.61 Å². The van der Waals surface area contributed by atoms with E-state index in [0.29, 0.717) is 6.61 Å². The van der Waals surface area contributed by atoms with E-state index in [1.54, 1.807) is 35.4 Å². The van der Waals surface area contributed by atoms with Crippen LogP contribution in [0.5, 0.6) is 5.75 Å². The highest BCUT2D eigenvalue weighted by molar-refractivity contribution is 7.82. The van der Waals surface area contributed by atoms with Gasteiger partial charge in [-0.2, -0.15) is 5.06 Å². The summed E-state index contributed by atoms with van der Waals surface area (Å²) in [5.41, 5.74) is 0.995. The van der Waals surface area contributed by atoms with Gasteiger partial charge < -0.3 is 9.05 Å². The number of hydrogen-bond acceptors (Lipinski definition) is 6. The van der Waals surface area contributed by atoms with Crippen LogP contribution in [0.1, 0.15) is 31.2 Å². The summed E-state index contributed by atoms with van der Waals surface area (Å²) in [4.78, 5) is 18.2. The molecule has 2 aromatic carbocycles. The fraction of sp³-hybridized carbons (Fsp3) is 0.350. The molecule has 3 rings (SSSR count). The number of hydrogen-bond donors (Lipinski definition) is 0. The highest BCUT2D eigenvalue weighted by Crippen LogP contribution is 2.53. The molecule has 0 aliphatic heterocycles. The van der Waals surface area contributed by atoms with Crippen molar-refractivity contribution in [3.63, 3.8) is 0 Å². The molecule has 1 saturated carbocycles. The van der Waals surface area contributed by atoms with E-state index in [1.165, 1.54) is 0 Å². The van der Waals surface area contributed by atoms with Crippen LogP contribution in [0.15, 0.2) is 60.7 Å². The van der Waals surface area contributed by atoms with Gasteiger partial charge in [-0.3, -0.25) is 9.63 Å². The van der Waals surface area contributed by atoms with Crippen molar-refractivity contribution in [3.8, 4) is 5.75 Å². The third-order valence-corrected chi connectivity index (χ3v) is 5.69. The topological polar surface area (TPSA) is 65.1 Å². The minimum Gasteiger partial charge on any atom is -0.405 e. The van der Waals surface area contributed by atoms with Crippen LogP contribution >= 0.6 is 18.2 Å². The van der Waals surface area contributed by atoms with Crippen LogP contribution in [0.2, 0.25) is 0 Å². The summed E-state index contributed by atoms with van der Waals surface area (Å²) in [6.07, 6.45) is 4.02. The molecule has 0 heterocycles. The Labute approximate surface area is 169 Å². The Bertz CT molecular complexity index is 799. The van der Waals surface area contributed by atoms with Gasteiger partial charge in [-0.25, -0.2) is 4.57 Å². The van der Waals surface area contributed by atoms with Gasteiger partial charge in [-0.15, -0.1) is 0 Å². The lowest BCUT2D eigenvalue weighted by atomic mass is 10.2. The van der Waals surface area contributed by atoms with Gasteiger partial charge in [0, 0.05) is 17.3 Å². The molecular formula is C20H23ClNO5P. The highest BCUT2D eigenvalue weighted by Gasteiger charge is 2.31. The van der Waals surface area contributed by atoms with Crippen LogP contribution in [-0.4, -0.2) is 23.6 Å². The van der Waals surface area contributed by atoms with E-state index in [2.05, 4.69) is 0 Å². The van der Waals surface area contributed by atoms with Crippen LogP contribution in [0.3, 0.4) is 0 Å². The number of nitrogens with zero attached hydrogens (tertiary/aromatic N) is 1. The molecule has 1 fully saturated rings. The number of carbonyl (C=O) groups excluding carboxylic acids is 1. The summed E-state index contributed by atoms with van der Waals surface area (Å²) >= 11 is 5.81. The van der Waals surface area contributed by atoms with Gasteiger partial charge in [0.2, 0.25) is 0 Å². The van der Waals surface area contributed by atoms with Crippen LogP contribution in [0.4, 0.5) is 0 Å². The maximum atomic E-state index is 12.3. The molecule has 0 radical (unpaired) electrons. The molecule has 0 saturated heterocycles. The minimum absolute atomic E-state index is 0.112. The molecule has 28 heavy (non-hydrogen) atoms. The third-order valence-electron chi connectivity index (χ3n) is 4.43. The lowest BCUT2D eigenvalue weighted by Gasteiger charge is -2.27. The number of hydroxylamine groups is 2. The first kappa shape index (κ1) is 20.9. The van der Waals surface area contributed by atoms with Crippen LogP contribution in [-0.2, 0) is 25.3 Å². The van der Waals surface area contributed by atoms with Crippen molar-refractivity contribution in [1.82, 2.24) is 5.06 Å². The Kier molecular flexibility index (Phi) is 7.51. The molecule has 6 nitrogen and oxygen atoms in total. The van der Waals surface area contributed by atoms with Crippen molar-refractivity contribution in [2.24, 2.45) is 0 Å². The number of rotatable bonds is 9. The highest BCUT2D eigenvalue weighted by atomic mass is 35.7. The molecule has 0 N–H and O–H groups in total. The number of carbonyl (C=O) groups is 1. The van der Waals surface area contributed by atoms with Crippen molar-refractivity contribution >= 4 is 24.2 Å². The van der Waals surface area contributed by atoms with Gasteiger partial charge in [0.15, 0.2) is 0 Å². The van der Waals surface area contributed by atoms with E-state index in [0.717, 1.165) is 31.2 Å². The summed E-state index contributed by atoms with van der Waals surface area (Å²) in [5, 5.41) is 1.61. The Morgan fingerprint density at radius 1 is 1.04 bits per heavy atom. The number of halogens is 1. The maximum Gasteiger partial charge on any atom is 0.532 e. The van der Waals surface area contributed by atoms with Gasteiger partial charge in [-0.05, 0) is 30.5 Å². The van der Waals surface area contributed by atoms with Crippen molar-refractivity contribution in [2.75, 3.05) is 6.54 Å². The average molecular weight is 424 g/mol. The fourth-order valence-electron chi connectivity index (χ4n) is 3.11. The van der Waals surface area contributed by atoms with Crippen LogP contribution in [0, 0.1) is 0 Å². The summed E-state index contributed by atoms with van der Waals surface area (Å²) < 4.78 is 22.4. The lowest BCUT2D eigenvalue weighted by molar-refractivity contribution is -0.201. The first-order valence-corrected chi connectivity index (χ1v) is 11.7. The van der Waals surface area contributed by atoms with Crippen molar-refractivity contribution < 1.29 is 23.2 Å². The second-order valence-electron chi connectivity index (χ2n) is 6.57. The molecule has 0 bridgehead atoms. The maximum absolute atomic E-state index is 12.3. The number of benzene rings is 2. The lowest BCUT2D eigenvalue weighted by Crippen LogP contribution is -2.38. The number of para-hydroxylation sites is 1. The quantitative estimate of drug-likeness (QED) is 0.401. The zero-order valence-corrected chi connectivity index (χ0v) is 17.1. The Morgan fingerprint density at radius 3 is 2.29 bits per heavy atom. The minimum atomic E-state index is -4.09. The molecule has 2 aromatic rings. The Morgan fingerprint density at radius 2 is 1.64 bits per heavy atom. The van der Waals surface area contributed by atoms with E-state index in [4.69, 9.17) is 25.1 Å². The Balaban J connectivity index is 1.57.